The molecule has 0 bridgehead atoms. The second-order valence-electron chi connectivity index (χ2n) is 3.99. The number of carboxylic acid groups (broad SMARTS) is 1. The number of aliphatic carboxylic acids is 1. The van der Waals surface area contributed by atoms with Crippen molar-refractivity contribution in [3.05, 3.63) is 29.6 Å². The Balaban J connectivity index is 2.83. The van der Waals surface area contributed by atoms with Gasteiger partial charge in [-0.2, -0.15) is 0 Å². The van der Waals surface area contributed by atoms with Crippen molar-refractivity contribution in [1.82, 2.24) is 0 Å². The highest BCUT2D eigenvalue weighted by atomic mass is 19.1. The third-order valence-corrected chi connectivity index (χ3v) is 2.68. The van der Waals surface area contributed by atoms with E-state index in [1.807, 2.05) is 11.8 Å². The fourth-order valence-electron chi connectivity index (χ4n) is 1.49. The largest absolute Gasteiger partial charge is 0.481 e. The van der Waals surface area contributed by atoms with E-state index in [0.717, 1.165) is 5.69 Å². The monoisotopic (exact) mass is 225 g/mol. The lowest BCUT2D eigenvalue weighted by Crippen LogP contribution is -2.30. The predicted molar refractivity (Wildman–Crippen MR) is 61.3 cm³/mol. The molecule has 0 aromatic heterocycles. The number of carboxylic acids is 1. The molecular formula is C12H16FNO2. The molecule has 1 rings (SSSR count). The zero-order valence-corrected chi connectivity index (χ0v) is 9.70. The Bertz CT molecular complexity index is 393. The van der Waals surface area contributed by atoms with Crippen molar-refractivity contribution in [2.75, 3.05) is 11.9 Å². The molecule has 88 valence electrons. The number of anilines is 1. The van der Waals surface area contributed by atoms with Crippen LogP contribution in [0.25, 0.3) is 0 Å². The summed E-state index contributed by atoms with van der Waals surface area (Å²) < 4.78 is 13.1. The number of hydrogen-bond acceptors (Lipinski definition) is 2. The van der Waals surface area contributed by atoms with Gasteiger partial charge in [-0.3, -0.25) is 4.79 Å². The number of rotatable bonds is 4. The van der Waals surface area contributed by atoms with Crippen molar-refractivity contribution < 1.29 is 14.3 Å². The van der Waals surface area contributed by atoms with E-state index in [1.54, 1.807) is 26.1 Å². The maximum Gasteiger partial charge on any atom is 0.305 e. The minimum Gasteiger partial charge on any atom is -0.481 e. The van der Waals surface area contributed by atoms with Crippen LogP contribution in [0, 0.1) is 12.7 Å². The Morgan fingerprint density at radius 1 is 1.56 bits per heavy atom. The van der Waals surface area contributed by atoms with Gasteiger partial charge in [-0.05, 0) is 37.6 Å². The van der Waals surface area contributed by atoms with E-state index in [2.05, 4.69) is 0 Å². The molecule has 0 saturated carbocycles. The van der Waals surface area contributed by atoms with Crippen molar-refractivity contribution >= 4 is 11.7 Å². The van der Waals surface area contributed by atoms with Crippen molar-refractivity contribution in [3.8, 4) is 0 Å². The fraction of sp³-hybridized carbons (Fsp3) is 0.417. The molecule has 0 spiro atoms. The first kappa shape index (κ1) is 12.5. The molecule has 4 heteroatoms. The van der Waals surface area contributed by atoms with E-state index in [0.29, 0.717) is 5.56 Å². The van der Waals surface area contributed by atoms with Crippen LogP contribution in [0.2, 0.25) is 0 Å². The SMILES string of the molecule is Cc1cc(N(C)C(C)CC(=O)O)ccc1F. The van der Waals surface area contributed by atoms with Crippen molar-refractivity contribution in [3.63, 3.8) is 0 Å². The van der Waals surface area contributed by atoms with E-state index in [-0.39, 0.29) is 18.3 Å². The van der Waals surface area contributed by atoms with Gasteiger partial charge in [0, 0.05) is 18.8 Å². The molecule has 1 atom stereocenters. The molecule has 3 nitrogen and oxygen atoms in total. The summed E-state index contributed by atoms with van der Waals surface area (Å²) in [5, 5.41) is 8.69. The molecule has 0 aliphatic rings. The molecular weight excluding hydrogens is 209 g/mol. The van der Waals surface area contributed by atoms with Crippen molar-refractivity contribution in [2.45, 2.75) is 26.3 Å². The molecule has 1 unspecified atom stereocenters. The quantitative estimate of drug-likeness (QED) is 0.855. The summed E-state index contributed by atoms with van der Waals surface area (Å²) in [7, 11) is 1.81. The van der Waals surface area contributed by atoms with Gasteiger partial charge in [0.05, 0.1) is 6.42 Å². The Hall–Kier alpha value is -1.58. The van der Waals surface area contributed by atoms with Gasteiger partial charge < -0.3 is 10.0 Å². The molecule has 1 aromatic rings. The fourth-order valence-corrected chi connectivity index (χ4v) is 1.49. The lowest BCUT2D eigenvalue weighted by atomic mass is 10.1. The predicted octanol–water partition coefficient (Wildman–Crippen LogP) is 2.43. The third kappa shape index (κ3) is 2.95. The number of benzene rings is 1. The van der Waals surface area contributed by atoms with Gasteiger partial charge in [0.1, 0.15) is 5.82 Å². The van der Waals surface area contributed by atoms with Gasteiger partial charge in [-0.25, -0.2) is 4.39 Å². The van der Waals surface area contributed by atoms with Crippen molar-refractivity contribution in [2.24, 2.45) is 0 Å². The number of aryl methyl sites for hydroxylation is 1. The highest BCUT2D eigenvalue weighted by Crippen LogP contribution is 2.19. The normalized spacial score (nSPS) is 12.2. The maximum absolute atomic E-state index is 13.1. The topological polar surface area (TPSA) is 40.5 Å². The zero-order chi connectivity index (χ0) is 12.3. The zero-order valence-electron chi connectivity index (χ0n) is 9.70. The van der Waals surface area contributed by atoms with E-state index in [4.69, 9.17) is 5.11 Å². The first-order valence-corrected chi connectivity index (χ1v) is 5.12. The van der Waals surface area contributed by atoms with E-state index >= 15 is 0 Å². The van der Waals surface area contributed by atoms with Crippen LogP contribution < -0.4 is 4.90 Å². The van der Waals surface area contributed by atoms with Gasteiger partial charge >= 0.3 is 5.97 Å². The highest BCUT2D eigenvalue weighted by Gasteiger charge is 2.14. The minimum atomic E-state index is -0.835. The lowest BCUT2D eigenvalue weighted by molar-refractivity contribution is -0.137. The second kappa shape index (κ2) is 4.96. The van der Waals surface area contributed by atoms with Crippen LogP contribution in [0.4, 0.5) is 10.1 Å². The molecule has 1 aromatic carbocycles. The van der Waals surface area contributed by atoms with Gasteiger partial charge in [-0.15, -0.1) is 0 Å². The number of hydrogen-bond donors (Lipinski definition) is 1. The first-order chi connectivity index (χ1) is 7.41. The molecule has 0 fully saturated rings. The van der Waals surface area contributed by atoms with Crippen LogP contribution in [-0.2, 0) is 4.79 Å². The molecule has 0 saturated heterocycles. The van der Waals surface area contributed by atoms with E-state index < -0.39 is 5.97 Å². The average Bonchev–Trinajstić information content (AvgIpc) is 2.20. The minimum absolute atomic E-state index is 0.0624. The Kier molecular flexibility index (Phi) is 3.88. The van der Waals surface area contributed by atoms with Crippen LogP contribution >= 0.6 is 0 Å². The highest BCUT2D eigenvalue weighted by molar-refractivity contribution is 5.68. The average molecular weight is 225 g/mol. The Labute approximate surface area is 94.5 Å². The van der Waals surface area contributed by atoms with Gasteiger partial charge in [0.15, 0.2) is 0 Å². The first-order valence-electron chi connectivity index (χ1n) is 5.12. The van der Waals surface area contributed by atoms with Crippen LogP contribution in [0.15, 0.2) is 18.2 Å². The molecule has 16 heavy (non-hydrogen) atoms. The van der Waals surface area contributed by atoms with Gasteiger partial charge in [0.25, 0.3) is 0 Å². The Morgan fingerprint density at radius 2 is 2.19 bits per heavy atom. The summed E-state index contributed by atoms with van der Waals surface area (Å²) in [6.07, 6.45) is 0.0624. The molecule has 1 N–H and O–H groups in total. The number of nitrogens with zero attached hydrogens (tertiary/aromatic N) is 1. The van der Waals surface area contributed by atoms with Gasteiger partial charge in [-0.1, -0.05) is 0 Å². The summed E-state index contributed by atoms with van der Waals surface area (Å²) in [4.78, 5) is 12.4. The van der Waals surface area contributed by atoms with Gasteiger partial charge in [0.2, 0.25) is 0 Å². The van der Waals surface area contributed by atoms with Crippen LogP contribution in [0.1, 0.15) is 18.9 Å². The summed E-state index contributed by atoms with van der Waals surface area (Å²) in [5.41, 5.74) is 1.39. The molecule has 0 heterocycles. The van der Waals surface area contributed by atoms with E-state index in [1.165, 1.54) is 6.07 Å². The molecule has 0 aliphatic carbocycles. The number of halogens is 1. The van der Waals surface area contributed by atoms with Crippen LogP contribution in [-0.4, -0.2) is 24.2 Å². The van der Waals surface area contributed by atoms with Crippen molar-refractivity contribution in [1.29, 1.82) is 0 Å². The standard InChI is InChI=1S/C12H16FNO2/c1-8-6-10(4-5-11(8)13)14(3)9(2)7-12(15)16/h4-6,9H,7H2,1-3H3,(H,15,16). The summed E-state index contributed by atoms with van der Waals surface area (Å²) in [6.45, 7) is 3.52. The lowest BCUT2D eigenvalue weighted by Gasteiger charge is -2.26. The molecule has 0 radical (unpaired) electrons. The molecule has 0 aliphatic heterocycles. The smallest absolute Gasteiger partial charge is 0.305 e. The summed E-state index contributed by atoms with van der Waals surface area (Å²) in [6, 6.07) is 4.64. The Morgan fingerprint density at radius 3 is 2.69 bits per heavy atom. The van der Waals surface area contributed by atoms with E-state index in [9.17, 15) is 9.18 Å². The second-order valence-corrected chi connectivity index (χ2v) is 3.99. The molecule has 0 amide bonds. The summed E-state index contributed by atoms with van der Waals surface area (Å²) in [5.74, 6) is -1.08. The number of carbonyl (C=O) groups is 1. The summed E-state index contributed by atoms with van der Waals surface area (Å²) >= 11 is 0. The van der Waals surface area contributed by atoms with Crippen LogP contribution in [0.3, 0.4) is 0 Å². The maximum atomic E-state index is 13.1. The van der Waals surface area contributed by atoms with Crippen LogP contribution in [0.5, 0.6) is 0 Å². The third-order valence-electron chi connectivity index (χ3n) is 2.68.